The van der Waals surface area contributed by atoms with Gasteiger partial charge < -0.3 is 10.4 Å². The van der Waals surface area contributed by atoms with Gasteiger partial charge >= 0.3 is 0 Å². The first-order valence-electron chi connectivity index (χ1n) is 7.32. The second-order valence-electron chi connectivity index (χ2n) is 5.73. The zero-order valence-electron chi connectivity index (χ0n) is 11.6. The summed E-state index contributed by atoms with van der Waals surface area (Å²) in [5.41, 5.74) is 1.31. The highest BCUT2D eigenvalue weighted by atomic mass is 35.5. The summed E-state index contributed by atoms with van der Waals surface area (Å²) in [6.45, 7) is 6.83. The molecule has 2 fully saturated rings. The third kappa shape index (κ3) is 3.32. The fourth-order valence-electron chi connectivity index (χ4n) is 3.12. The van der Waals surface area contributed by atoms with Crippen molar-refractivity contribution in [3.63, 3.8) is 0 Å². The lowest BCUT2D eigenvalue weighted by molar-refractivity contribution is 0.0424. The maximum Gasteiger partial charge on any atom is 0.0831 e. The van der Waals surface area contributed by atoms with Crippen molar-refractivity contribution in [2.75, 3.05) is 39.3 Å². The van der Waals surface area contributed by atoms with E-state index in [1.807, 2.05) is 12.1 Å². The number of piperazine rings is 1. The van der Waals surface area contributed by atoms with Gasteiger partial charge in [-0.3, -0.25) is 9.80 Å². The van der Waals surface area contributed by atoms with Crippen LogP contribution < -0.4 is 5.32 Å². The van der Waals surface area contributed by atoms with Crippen LogP contribution in [-0.2, 0) is 6.54 Å². The van der Waals surface area contributed by atoms with Gasteiger partial charge in [-0.05, 0) is 17.7 Å². The van der Waals surface area contributed by atoms with Gasteiger partial charge in [0.15, 0.2) is 0 Å². The van der Waals surface area contributed by atoms with Gasteiger partial charge in [0.05, 0.1) is 6.10 Å². The summed E-state index contributed by atoms with van der Waals surface area (Å²) in [6, 6.07) is 8.40. The Kier molecular flexibility index (Phi) is 4.58. The van der Waals surface area contributed by atoms with Crippen molar-refractivity contribution in [2.24, 2.45) is 0 Å². The van der Waals surface area contributed by atoms with E-state index in [4.69, 9.17) is 11.6 Å². The Balaban J connectivity index is 1.49. The summed E-state index contributed by atoms with van der Waals surface area (Å²) in [4.78, 5) is 4.89. The Bertz CT molecular complexity index is 431. The molecule has 0 aliphatic carbocycles. The molecule has 2 heterocycles. The molecule has 20 heavy (non-hydrogen) atoms. The van der Waals surface area contributed by atoms with E-state index in [1.54, 1.807) is 0 Å². The summed E-state index contributed by atoms with van der Waals surface area (Å²) >= 11 is 5.91. The van der Waals surface area contributed by atoms with E-state index in [0.717, 1.165) is 50.8 Å². The lowest BCUT2D eigenvalue weighted by Gasteiger charge is -2.38. The van der Waals surface area contributed by atoms with Gasteiger partial charge in [-0.1, -0.05) is 23.7 Å². The Morgan fingerprint density at radius 1 is 1.10 bits per heavy atom. The molecule has 4 nitrogen and oxygen atoms in total. The molecule has 1 aromatic carbocycles. The summed E-state index contributed by atoms with van der Waals surface area (Å²) in [5.74, 6) is 0. The first-order valence-corrected chi connectivity index (χ1v) is 7.70. The number of benzene rings is 1. The molecular formula is C15H22ClN3O. The molecule has 5 heteroatoms. The fourth-order valence-corrected chi connectivity index (χ4v) is 3.25. The number of rotatable bonds is 3. The molecule has 110 valence electrons. The predicted octanol–water partition coefficient (Wildman–Crippen LogP) is 0.790. The first-order chi connectivity index (χ1) is 9.72. The molecule has 3 rings (SSSR count). The van der Waals surface area contributed by atoms with Crippen molar-refractivity contribution < 1.29 is 5.11 Å². The largest absolute Gasteiger partial charge is 0.390 e. The van der Waals surface area contributed by atoms with E-state index in [-0.39, 0.29) is 6.10 Å². The minimum atomic E-state index is -0.210. The highest BCUT2D eigenvalue weighted by Crippen LogP contribution is 2.15. The number of aliphatic hydroxyl groups excluding tert-OH is 1. The number of aliphatic hydroxyl groups is 1. The van der Waals surface area contributed by atoms with Crippen LogP contribution in [0.15, 0.2) is 24.3 Å². The lowest BCUT2D eigenvalue weighted by Crippen LogP contribution is -2.53. The average Bonchev–Trinajstić information content (AvgIpc) is 2.89. The maximum absolute atomic E-state index is 9.94. The predicted molar refractivity (Wildman–Crippen MR) is 81.0 cm³/mol. The van der Waals surface area contributed by atoms with Crippen LogP contribution in [0.3, 0.4) is 0 Å². The SMILES string of the molecule is O[C@H]1CNCC1N1CCN(Cc2ccc(Cl)cc2)CC1. The standard InChI is InChI=1S/C15H22ClN3O/c16-13-3-1-12(2-4-13)11-18-5-7-19(8-6-18)14-9-17-10-15(14)20/h1-4,14-15,17,20H,5-11H2/t14?,15-/m0/s1. The highest BCUT2D eigenvalue weighted by molar-refractivity contribution is 6.30. The highest BCUT2D eigenvalue weighted by Gasteiger charge is 2.32. The second-order valence-corrected chi connectivity index (χ2v) is 6.17. The Labute approximate surface area is 125 Å². The van der Waals surface area contributed by atoms with Crippen molar-refractivity contribution in [1.29, 1.82) is 0 Å². The van der Waals surface area contributed by atoms with Gasteiger partial charge in [0, 0.05) is 56.9 Å². The van der Waals surface area contributed by atoms with Crippen molar-refractivity contribution in [3.8, 4) is 0 Å². The minimum absolute atomic E-state index is 0.210. The Morgan fingerprint density at radius 3 is 2.40 bits per heavy atom. The van der Waals surface area contributed by atoms with Crippen molar-refractivity contribution in [3.05, 3.63) is 34.9 Å². The van der Waals surface area contributed by atoms with Crippen LogP contribution in [0.25, 0.3) is 0 Å². The molecule has 0 amide bonds. The Hall–Kier alpha value is -0.650. The molecule has 2 N–H and O–H groups in total. The van der Waals surface area contributed by atoms with Crippen LogP contribution in [0.2, 0.25) is 5.02 Å². The van der Waals surface area contributed by atoms with Crippen molar-refractivity contribution in [2.45, 2.75) is 18.7 Å². The van der Waals surface area contributed by atoms with E-state index >= 15 is 0 Å². The molecule has 2 aliphatic rings. The van der Waals surface area contributed by atoms with Gasteiger partial charge in [-0.2, -0.15) is 0 Å². The summed E-state index contributed by atoms with van der Waals surface area (Å²) in [5, 5.41) is 14.0. The Morgan fingerprint density at radius 2 is 1.80 bits per heavy atom. The van der Waals surface area contributed by atoms with E-state index in [9.17, 15) is 5.11 Å². The molecule has 0 saturated carbocycles. The quantitative estimate of drug-likeness (QED) is 0.865. The van der Waals surface area contributed by atoms with Gasteiger partial charge in [0.25, 0.3) is 0 Å². The van der Waals surface area contributed by atoms with Crippen LogP contribution in [-0.4, -0.2) is 66.3 Å². The fraction of sp³-hybridized carbons (Fsp3) is 0.600. The number of β-amino-alcohol motifs (C(OH)–C–C–N with tert-alkyl or cyclic N) is 1. The lowest BCUT2D eigenvalue weighted by atomic mass is 10.1. The molecule has 1 aromatic rings. The van der Waals surface area contributed by atoms with E-state index in [1.165, 1.54) is 5.56 Å². The van der Waals surface area contributed by atoms with Crippen LogP contribution in [0.5, 0.6) is 0 Å². The van der Waals surface area contributed by atoms with E-state index in [2.05, 4.69) is 27.2 Å². The number of nitrogens with zero attached hydrogens (tertiary/aromatic N) is 2. The minimum Gasteiger partial charge on any atom is -0.390 e. The number of nitrogens with one attached hydrogen (secondary N) is 1. The summed E-state index contributed by atoms with van der Waals surface area (Å²) in [7, 11) is 0. The zero-order chi connectivity index (χ0) is 13.9. The van der Waals surface area contributed by atoms with Gasteiger partial charge in [0.1, 0.15) is 0 Å². The van der Waals surface area contributed by atoms with Crippen LogP contribution in [0, 0.1) is 0 Å². The molecule has 0 radical (unpaired) electrons. The molecule has 0 spiro atoms. The van der Waals surface area contributed by atoms with Gasteiger partial charge in [-0.15, -0.1) is 0 Å². The van der Waals surface area contributed by atoms with Crippen molar-refractivity contribution in [1.82, 2.24) is 15.1 Å². The van der Waals surface area contributed by atoms with Crippen LogP contribution >= 0.6 is 11.6 Å². The zero-order valence-corrected chi connectivity index (χ0v) is 12.4. The molecule has 0 aromatic heterocycles. The smallest absolute Gasteiger partial charge is 0.0831 e. The average molecular weight is 296 g/mol. The molecule has 1 unspecified atom stereocenters. The molecule has 2 atom stereocenters. The van der Waals surface area contributed by atoms with E-state index < -0.39 is 0 Å². The normalized spacial score (nSPS) is 28.9. The first kappa shape index (κ1) is 14.3. The molecular weight excluding hydrogens is 274 g/mol. The second kappa shape index (κ2) is 6.41. The van der Waals surface area contributed by atoms with Crippen LogP contribution in [0.4, 0.5) is 0 Å². The number of hydrogen-bond acceptors (Lipinski definition) is 4. The topological polar surface area (TPSA) is 38.7 Å². The molecule has 0 bridgehead atoms. The number of halogens is 1. The van der Waals surface area contributed by atoms with E-state index in [0.29, 0.717) is 6.04 Å². The van der Waals surface area contributed by atoms with Gasteiger partial charge in [-0.25, -0.2) is 0 Å². The van der Waals surface area contributed by atoms with Crippen LogP contribution in [0.1, 0.15) is 5.56 Å². The molecule has 2 saturated heterocycles. The van der Waals surface area contributed by atoms with Gasteiger partial charge in [0.2, 0.25) is 0 Å². The molecule has 2 aliphatic heterocycles. The third-order valence-corrected chi connectivity index (χ3v) is 4.60. The monoisotopic (exact) mass is 295 g/mol. The third-order valence-electron chi connectivity index (χ3n) is 4.35. The summed E-state index contributed by atoms with van der Waals surface area (Å²) in [6.07, 6.45) is -0.210. The number of hydrogen-bond donors (Lipinski definition) is 2. The summed E-state index contributed by atoms with van der Waals surface area (Å²) < 4.78 is 0. The maximum atomic E-state index is 9.94. The van der Waals surface area contributed by atoms with Crippen molar-refractivity contribution >= 4 is 11.6 Å².